The fourth-order valence-corrected chi connectivity index (χ4v) is 4.84. The van der Waals surface area contributed by atoms with Gasteiger partial charge in [0.25, 0.3) is 0 Å². The molecule has 0 bridgehead atoms. The summed E-state index contributed by atoms with van der Waals surface area (Å²) in [6, 6.07) is 4.09. The second-order valence-electron chi connectivity index (χ2n) is 6.90. The second-order valence-corrected chi connectivity index (χ2v) is 7.77. The van der Waals surface area contributed by atoms with E-state index in [0.29, 0.717) is 17.9 Å². The number of carbonyl (C=O) groups is 1. The average molecular weight is 385 g/mol. The molecule has 1 unspecified atom stereocenters. The van der Waals surface area contributed by atoms with E-state index in [2.05, 4.69) is 22.0 Å². The van der Waals surface area contributed by atoms with E-state index in [-0.39, 0.29) is 12.0 Å². The summed E-state index contributed by atoms with van der Waals surface area (Å²) in [6.45, 7) is 4.05. The van der Waals surface area contributed by atoms with Crippen LogP contribution in [0, 0.1) is 0 Å². The number of carbonyl (C=O) groups excluding carboxylic acids is 1. The van der Waals surface area contributed by atoms with Gasteiger partial charge in [0, 0.05) is 11.8 Å². The number of rotatable bonds is 4. The van der Waals surface area contributed by atoms with Crippen LogP contribution >= 0.6 is 11.8 Å². The van der Waals surface area contributed by atoms with Gasteiger partial charge in [-0.25, -0.2) is 9.79 Å². The van der Waals surface area contributed by atoms with Gasteiger partial charge < -0.3 is 14.4 Å². The Hall–Kier alpha value is -2.21. The number of methoxy groups -OCH3 is 1. The molecule has 6 heteroatoms. The normalized spacial score (nSPS) is 20.9. The molecule has 142 valence electrons. The Kier molecular flexibility index (Phi) is 5.00. The zero-order valence-corrected chi connectivity index (χ0v) is 16.8. The fraction of sp³-hybridized carbons (Fsp3) is 0.429. The Morgan fingerprint density at radius 2 is 2.04 bits per heavy atom. The molecule has 0 fully saturated rings. The summed E-state index contributed by atoms with van der Waals surface area (Å²) in [5.41, 5.74) is 5.01. The van der Waals surface area contributed by atoms with Crippen LogP contribution in [0.15, 0.2) is 40.0 Å². The first kappa shape index (κ1) is 18.2. The zero-order valence-electron chi connectivity index (χ0n) is 15.9. The van der Waals surface area contributed by atoms with Gasteiger partial charge in [-0.15, -0.1) is 0 Å². The minimum absolute atomic E-state index is 0.287. The van der Waals surface area contributed by atoms with E-state index in [1.807, 2.05) is 25.5 Å². The smallest absolute Gasteiger partial charge is 0.338 e. The fourth-order valence-electron chi connectivity index (χ4n) is 4.05. The number of benzene rings is 1. The third-order valence-electron chi connectivity index (χ3n) is 5.30. The summed E-state index contributed by atoms with van der Waals surface area (Å²) in [5.74, 6) is 0.509. The largest absolute Gasteiger partial charge is 0.496 e. The van der Waals surface area contributed by atoms with Gasteiger partial charge in [-0.3, -0.25) is 0 Å². The lowest BCUT2D eigenvalue weighted by Gasteiger charge is -2.34. The molecule has 4 rings (SSSR count). The number of aliphatic imine (C=N–C) groups is 1. The highest BCUT2D eigenvalue weighted by Crippen LogP contribution is 2.45. The predicted octanol–water partition coefficient (Wildman–Crippen LogP) is 4.34. The molecule has 5 nitrogen and oxygen atoms in total. The predicted molar refractivity (Wildman–Crippen MR) is 108 cm³/mol. The van der Waals surface area contributed by atoms with Gasteiger partial charge >= 0.3 is 5.97 Å². The van der Waals surface area contributed by atoms with Gasteiger partial charge in [-0.1, -0.05) is 11.8 Å². The van der Waals surface area contributed by atoms with E-state index in [1.165, 1.54) is 24.0 Å². The molecule has 0 radical (unpaired) electrons. The van der Waals surface area contributed by atoms with Crippen LogP contribution in [0.2, 0.25) is 0 Å². The second kappa shape index (κ2) is 7.43. The van der Waals surface area contributed by atoms with E-state index in [9.17, 15) is 4.79 Å². The molecular weight excluding hydrogens is 360 g/mol. The number of allylic oxidation sites excluding steroid dienone is 1. The summed E-state index contributed by atoms with van der Waals surface area (Å²) in [4.78, 5) is 19.5. The van der Waals surface area contributed by atoms with Crippen molar-refractivity contribution in [1.29, 1.82) is 0 Å². The van der Waals surface area contributed by atoms with Gasteiger partial charge in [0.1, 0.15) is 5.75 Å². The first-order chi connectivity index (χ1) is 13.1. The van der Waals surface area contributed by atoms with Crippen molar-refractivity contribution in [2.45, 2.75) is 45.6 Å². The number of amidine groups is 1. The highest BCUT2D eigenvalue weighted by atomic mass is 32.2. The maximum atomic E-state index is 12.8. The van der Waals surface area contributed by atoms with Crippen LogP contribution in [0.1, 0.15) is 49.4 Å². The van der Waals surface area contributed by atoms with Gasteiger partial charge in [0.2, 0.25) is 0 Å². The van der Waals surface area contributed by atoms with Gasteiger partial charge in [0.05, 0.1) is 31.0 Å². The molecule has 0 saturated carbocycles. The van der Waals surface area contributed by atoms with Gasteiger partial charge in [-0.05, 0) is 68.2 Å². The number of nitrogens with zero attached hydrogens (tertiary/aromatic N) is 2. The Morgan fingerprint density at radius 3 is 2.74 bits per heavy atom. The monoisotopic (exact) mass is 384 g/mol. The molecule has 27 heavy (non-hydrogen) atoms. The molecule has 1 aromatic carbocycles. The molecule has 0 aromatic heterocycles. The third-order valence-corrected chi connectivity index (χ3v) is 6.08. The quantitative estimate of drug-likeness (QED) is 0.723. The minimum Gasteiger partial charge on any atom is -0.496 e. The Bertz CT molecular complexity index is 872. The number of hydrogen-bond donors (Lipinski definition) is 0. The lowest BCUT2D eigenvalue weighted by molar-refractivity contribution is -0.139. The average Bonchev–Trinajstić information content (AvgIpc) is 3.13. The number of aryl methyl sites for hydroxylation is 2. The summed E-state index contributed by atoms with van der Waals surface area (Å²) in [6.07, 6.45) is 6.56. The maximum absolute atomic E-state index is 12.8. The number of esters is 1. The highest BCUT2D eigenvalue weighted by Gasteiger charge is 2.39. The van der Waals surface area contributed by atoms with E-state index in [1.54, 1.807) is 18.9 Å². The molecule has 1 aliphatic carbocycles. The van der Waals surface area contributed by atoms with Crippen molar-refractivity contribution in [3.05, 3.63) is 51.7 Å². The first-order valence-corrected chi connectivity index (χ1v) is 10.3. The number of hydrogen-bond acceptors (Lipinski definition) is 6. The van der Waals surface area contributed by atoms with E-state index >= 15 is 0 Å². The molecule has 1 aromatic rings. The molecule has 2 heterocycles. The maximum Gasteiger partial charge on any atom is 0.338 e. The molecule has 0 spiro atoms. The van der Waals surface area contributed by atoms with Crippen molar-refractivity contribution in [2.24, 2.45) is 4.99 Å². The Balaban J connectivity index is 1.88. The highest BCUT2D eigenvalue weighted by molar-refractivity contribution is 8.16. The van der Waals surface area contributed by atoms with Crippen LogP contribution in [-0.4, -0.2) is 29.8 Å². The van der Waals surface area contributed by atoms with Crippen molar-refractivity contribution >= 4 is 22.9 Å². The Morgan fingerprint density at radius 1 is 1.30 bits per heavy atom. The van der Waals surface area contributed by atoms with Crippen molar-refractivity contribution in [3.63, 3.8) is 0 Å². The number of fused-ring (bicyclic) bond motifs is 2. The van der Waals surface area contributed by atoms with Crippen molar-refractivity contribution in [3.8, 4) is 5.75 Å². The van der Waals surface area contributed by atoms with Crippen molar-refractivity contribution < 1.29 is 14.3 Å². The molecule has 2 aliphatic heterocycles. The van der Waals surface area contributed by atoms with E-state index in [0.717, 1.165) is 29.3 Å². The van der Waals surface area contributed by atoms with Crippen LogP contribution in [0.3, 0.4) is 0 Å². The van der Waals surface area contributed by atoms with Crippen LogP contribution in [0.5, 0.6) is 5.75 Å². The molecule has 0 amide bonds. The van der Waals surface area contributed by atoms with Crippen molar-refractivity contribution in [1.82, 2.24) is 4.90 Å². The first-order valence-electron chi connectivity index (χ1n) is 9.42. The Labute approximate surface area is 164 Å². The summed E-state index contributed by atoms with van der Waals surface area (Å²) < 4.78 is 11.1. The summed E-state index contributed by atoms with van der Waals surface area (Å²) in [7, 11) is 1.70. The van der Waals surface area contributed by atoms with Gasteiger partial charge in [-0.2, -0.15) is 0 Å². The van der Waals surface area contributed by atoms with E-state index in [4.69, 9.17) is 9.47 Å². The van der Waals surface area contributed by atoms with Crippen LogP contribution in [0.25, 0.3) is 0 Å². The standard InChI is InChI=1S/C21H24N2O3S/c1-4-26-20(24)18-13(2)22-21-23(9-10-27-21)19(18)16-11-14-7-5-6-8-15(14)12-17(16)25-3/h9-12,19H,4-8H2,1-3H3. The lowest BCUT2D eigenvalue weighted by Crippen LogP contribution is -2.34. The van der Waals surface area contributed by atoms with Crippen LogP contribution in [0.4, 0.5) is 0 Å². The summed E-state index contributed by atoms with van der Waals surface area (Å²) >= 11 is 1.57. The minimum atomic E-state index is -0.312. The zero-order chi connectivity index (χ0) is 19.0. The molecular formula is C21H24N2O3S. The van der Waals surface area contributed by atoms with Crippen molar-refractivity contribution in [2.75, 3.05) is 13.7 Å². The SMILES string of the molecule is CCOC(=O)C1=C(C)N=C2SC=CN2C1c1cc2c(cc1OC)CCCC2. The third kappa shape index (κ3) is 3.16. The molecule has 0 N–H and O–H groups in total. The number of thioether (sulfide) groups is 1. The van der Waals surface area contributed by atoms with Gasteiger partial charge in [0.15, 0.2) is 5.17 Å². The topological polar surface area (TPSA) is 51.1 Å². The van der Waals surface area contributed by atoms with Crippen LogP contribution in [-0.2, 0) is 22.4 Å². The number of ether oxygens (including phenoxy) is 2. The lowest BCUT2D eigenvalue weighted by atomic mass is 9.86. The molecule has 0 saturated heterocycles. The van der Waals surface area contributed by atoms with Crippen LogP contribution < -0.4 is 4.74 Å². The summed E-state index contributed by atoms with van der Waals surface area (Å²) in [5, 5.41) is 2.88. The molecule has 3 aliphatic rings. The van der Waals surface area contributed by atoms with E-state index < -0.39 is 0 Å². The molecule has 1 atom stereocenters.